The molecule has 1 saturated carbocycles. The lowest BCUT2D eigenvalue weighted by Crippen LogP contribution is -2.16. The Hall–Kier alpha value is -0.900. The first-order chi connectivity index (χ1) is 7.28. The maximum Gasteiger partial charge on any atom is 0.226 e. The lowest BCUT2D eigenvalue weighted by atomic mass is 10.1. The monoisotopic (exact) mass is 209 g/mol. The van der Waals surface area contributed by atoms with E-state index in [9.17, 15) is 0 Å². The Morgan fingerprint density at radius 1 is 1.53 bits per heavy atom. The molecule has 1 aliphatic carbocycles. The minimum atomic E-state index is 0.620. The second-order valence-electron chi connectivity index (χ2n) is 4.48. The van der Waals surface area contributed by atoms with Crippen molar-refractivity contribution in [1.82, 2.24) is 15.5 Å². The molecule has 1 heterocycles. The van der Waals surface area contributed by atoms with Gasteiger partial charge in [-0.2, -0.15) is 4.98 Å². The zero-order valence-electron chi connectivity index (χ0n) is 9.49. The number of hydrogen-bond acceptors (Lipinski definition) is 4. The third kappa shape index (κ3) is 3.30. The van der Waals surface area contributed by atoms with Crippen molar-refractivity contribution >= 4 is 0 Å². The molecule has 4 heteroatoms. The molecule has 15 heavy (non-hydrogen) atoms. The van der Waals surface area contributed by atoms with Gasteiger partial charge in [0.15, 0.2) is 5.82 Å². The molecule has 0 bridgehead atoms. The van der Waals surface area contributed by atoms with Gasteiger partial charge in [-0.3, -0.25) is 0 Å². The van der Waals surface area contributed by atoms with Crippen molar-refractivity contribution in [3.63, 3.8) is 0 Å². The van der Waals surface area contributed by atoms with Gasteiger partial charge in [0.2, 0.25) is 5.89 Å². The Bertz CT molecular complexity index is 307. The van der Waals surface area contributed by atoms with Crippen LogP contribution < -0.4 is 5.32 Å². The topological polar surface area (TPSA) is 51.0 Å². The molecule has 4 nitrogen and oxygen atoms in total. The fraction of sp³-hybridized carbons (Fsp3) is 0.818. The van der Waals surface area contributed by atoms with Gasteiger partial charge in [-0.05, 0) is 18.8 Å². The van der Waals surface area contributed by atoms with Gasteiger partial charge in [0.25, 0.3) is 0 Å². The molecule has 1 unspecified atom stereocenters. The molecule has 0 radical (unpaired) electrons. The van der Waals surface area contributed by atoms with Crippen molar-refractivity contribution in [2.45, 2.75) is 52.1 Å². The van der Waals surface area contributed by atoms with E-state index in [1.165, 1.54) is 12.8 Å². The van der Waals surface area contributed by atoms with E-state index in [0.29, 0.717) is 12.0 Å². The number of aromatic nitrogens is 2. The third-order valence-corrected chi connectivity index (χ3v) is 2.86. The normalized spacial score (nSPS) is 18.0. The van der Waals surface area contributed by atoms with Gasteiger partial charge < -0.3 is 9.84 Å². The smallest absolute Gasteiger partial charge is 0.226 e. The SMILES string of the molecule is CCC(C)Cc1nc(CNC2CC2)no1. The van der Waals surface area contributed by atoms with Crippen molar-refractivity contribution in [3.05, 3.63) is 11.7 Å². The molecule has 1 N–H and O–H groups in total. The fourth-order valence-corrected chi connectivity index (χ4v) is 1.41. The van der Waals surface area contributed by atoms with E-state index in [2.05, 4.69) is 29.3 Å². The average Bonchev–Trinajstić information content (AvgIpc) is 2.97. The van der Waals surface area contributed by atoms with Crippen molar-refractivity contribution in [3.8, 4) is 0 Å². The van der Waals surface area contributed by atoms with Gasteiger partial charge in [0, 0.05) is 12.5 Å². The van der Waals surface area contributed by atoms with Crippen molar-refractivity contribution < 1.29 is 4.52 Å². The standard InChI is InChI=1S/C11H19N3O/c1-3-8(2)6-11-13-10(14-15-11)7-12-9-4-5-9/h8-9,12H,3-7H2,1-2H3. The molecule has 1 atom stereocenters. The van der Waals surface area contributed by atoms with Crippen LogP contribution in [0, 0.1) is 5.92 Å². The van der Waals surface area contributed by atoms with Crippen LogP contribution in [0.5, 0.6) is 0 Å². The van der Waals surface area contributed by atoms with Crippen molar-refractivity contribution in [2.24, 2.45) is 5.92 Å². The summed E-state index contributed by atoms with van der Waals surface area (Å²) in [7, 11) is 0. The van der Waals surface area contributed by atoms with Crippen molar-refractivity contribution in [2.75, 3.05) is 0 Å². The highest BCUT2D eigenvalue weighted by molar-refractivity contribution is 4.90. The molecule has 0 aromatic carbocycles. The highest BCUT2D eigenvalue weighted by Crippen LogP contribution is 2.19. The first-order valence-corrected chi connectivity index (χ1v) is 5.82. The zero-order chi connectivity index (χ0) is 10.7. The summed E-state index contributed by atoms with van der Waals surface area (Å²) in [5.74, 6) is 2.19. The molecule has 0 amide bonds. The van der Waals surface area contributed by atoms with E-state index in [-0.39, 0.29) is 0 Å². The predicted octanol–water partition coefficient (Wildman–Crippen LogP) is 1.91. The molecule has 1 aliphatic rings. The molecule has 1 fully saturated rings. The number of nitrogens with zero attached hydrogens (tertiary/aromatic N) is 2. The molecule has 2 rings (SSSR count). The van der Waals surface area contributed by atoms with E-state index in [0.717, 1.165) is 31.1 Å². The van der Waals surface area contributed by atoms with Crippen LogP contribution in [0.1, 0.15) is 44.8 Å². The van der Waals surface area contributed by atoms with Crippen LogP contribution in [0.25, 0.3) is 0 Å². The quantitative estimate of drug-likeness (QED) is 0.777. The Morgan fingerprint density at radius 2 is 2.33 bits per heavy atom. The summed E-state index contributed by atoms with van der Waals surface area (Å²) in [6.07, 6.45) is 4.63. The second kappa shape index (κ2) is 4.75. The summed E-state index contributed by atoms with van der Waals surface area (Å²) in [4.78, 5) is 4.36. The second-order valence-corrected chi connectivity index (χ2v) is 4.48. The predicted molar refractivity (Wildman–Crippen MR) is 57.3 cm³/mol. The summed E-state index contributed by atoms with van der Waals surface area (Å²) in [6.45, 7) is 5.12. The van der Waals surface area contributed by atoms with Crippen LogP contribution in [0.4, 0.5) is 0 Å². The average molecular weight is 209 g/mol. The summed E-state index contributed by atoms with van der Waals surface area (Å²) in [5, 5.41) is 7.32. The number of rotatable bonds is 6. The van der Waals surface area contributed by atoms with Gasteiger partial charge in [0.05, 0.1) is 6.54 Å². The first kappa shape index (κ1) is 10.6. The summed E-state index contributed by atoms with van der Waals surface area (Å²) >= 11 is 0. The van der Waals surface area contributed by atoms with Crippen LogP contribution in [-0.4, -0.2) is 16.2 Å². The molecule has 0 aliphatic heterocycles. The molecule has 1 aromatic heterocycles. The first-order valence-electron chi connectivity index (χ1n) is 5.82. The van der Waals surface area contributed by atoms with Gasteiger partial charge in [0.1, 0.15) is 0 Å². The maximum atomic E-state index is 5.19. The number of hydrogen-bond donors (Lipinski definition) is 1. The largest absolute Gasteiger partial charge is 0.339 e. The van der Waals surface area contributed by atoms with E-state index < -0.39 is 0 Å². The lowest BCUT2D eigenvalue weighted by molar-refractivity contribution is 0.351. The van der Waals surface area contributed by atoms with Gasteiger partial charge in [-0.15, -0.1) is 0 Å². The van der Waals surface area contributed by atoms with Gasteiger partial charge >= 0.3 is 0 Å². The van der Waals surface area contributed by atoms with Crippen molar-refractivity contribution in [1.29, 1.82) is 0 Å². The summed E-state index contributed by atoms with van der Waals surface area (Å²) in [5.41, 5.74) is 0. The molecule has 0 saturated heterocycles. The molecule has 0 spiro atoms. The third-order valence-electron chi connectivity index (χ3n) is 2.86. The zero-order valence-corrected chi connectivity index (χ0v) is 9.49. The molecular weight excluding hydrogens is 190 g/mol. The van der Waals surface area contributed by atoms with E-state index in [4.69, 9.17) is 4.52 Å². The highest BCUT2D eigenvalue weighted by Gasteiger charge is 2.21. The molecule has 84 valence electrons. The molecular formula is C11H19N3O. The Kier molecular flexibility index (Phi) is 3.36. The van der Waals surface area contributed by atoms with Crippen LogP contribution >= 0.6 is 0 Å². The van der Waals surface area contributed by atoms with Gasteiger partial charge in [-0.1, -0.05) is 25.4 Å². The van der Waals surface area contributed by atoms with Crippen LogP contribution in [0.15, 0.2) is 4.52 Å². The van der Waals surface area contributed by atoms with E-state index >= 15 is 0 Å². The highest BCUT2D eigenvalue weighted by atomic mass is 16.5. The maximum absolute atomic E-state index is 5.19. The van der Waals surface area contributed by atoms with Crippen LogP contribution in [0.3, 0.4) is 0 Å². The summed E-state index contributed by atoms with van der Waals surface area (Å²) < 4.78 is 5.19. The lowest BCUT2D eigenvalue weighted by Gasteiger charge is -2.01. The minimum absolute atomic E-state index is 0.620. The van der Waals surface area contributed by atoms with Gasteiger partial charge in [-0.25, -0.2) is 0 Å². The molecule has 1 aromatic rings. The van der Waals surface area contributed by atoms with Crippen LogP contribution in [0.2, 0.25) is 0 Å². The minimum Gasteiger partial charge on any atom is -0.339 e. The number of nitrogens with one attached hydrogen (secondary N) is 1. The summed E-state index contributed by atoms with van der Waals surface area (Å²) in [6, 6.07) is 0.696. The fourth-order valence-electron chi connectivity index (χ4n) is 1.41. The van der Waals surface area contributed by atoms with E-state index in [1.54, 1.807) is 0 Å². The van der Waals surface area contributed by atoms with E-state index in [1.807, 2.05) is 0 Å². The Labute approximate surface area is 90.4 Å². The Balaban J connectivity index is 1.79. The Morgan fingerprint density at radius 3 is 3.00 bits per heavy atom. The van der Waals surface area contributed by atoms with Crippen LogP contribution in [-0.2, 0) is 13.0 Å².